The Kier molecular flexibility index (Phi) is 17.8. The summed E-state index contributed by atoms with van der Waals surface area (Å²) >= 11 is 0. The molecule has 1 saturated heterocycles. The fraction of sp³-hybridized carbons (Fsp3) is 0.583. The fourth-order valence-corrected chi connectivity index (χ4v) is 6.99. The number of esters is 1. The molecule has 0 spiro atoms. The molecular weight excluding hydrogens is 849 g/mol. The molecule has 2 aromatic heterocycles. The van der Waals surface area contributed by atoms with Gasteiger partial charge in [0, 0.05) is 45.2 Å². The van der Waals surface area contributed by atoms with Gasteiger partial charge in [0.15, 0.2) is 29.2 Å². The number of fused-ring (bicyclic) bond motifs is 1. The number of aromatic hydroxyl groups is 2. The molecule has 5 rings (SSSR count). The van der Waals surface area contributed by atoms with Crippen molar-refractivity contribution in [1.82, 2.24) is 30.3 Å². The summed E-state index contributed by atoms with van der Waals surface area (Å²) < 4.78 is 50.6. The van der Waals surface area contributed by atoms with Gasteiger partial charge in [-0.1, -0.05) is 6.07 Å². The van der Waals surface area contributed by atoms with Crippen LogP contribution in [0, 0.1) is 0 Å². The number of anilines is 1. The number of ether oxygens (including phenoxy) is 5. The van der Waals surface area contributed by atoms with Gasteiger partial charge < -0.3 is 75.4 Å². The van der Waals surface area contributed by atoms with Crippen molar-refractivity contribution in [3.05, 3.63) is 42.5 Å². The van der Waals surface area contributed by atoms with Gasteiger partial charge in [0.2, 0.25) is 0 Å². The van der Waals surface area contributed by atoms with Gasteiger partial charge in [-0.3, -0.25) is 13.9 Å². The minimum absolute atomic E-state index is 0.112. The molecule has 2 fully saturated rings. The number of nitrogens with one attached hydrogen (secondary N) is 2. The van der Waals surface area contributed by atoms with E-state index in [-0.39, 0.29) is 75.5 Å². The zero-order chi connectivity index (χ0) is 44.9. The Morgan fingerprint density at radius 1 is 0.935 bits per heavy atom. The number of hydrogen-bond donors (Lipinski definition) is 11. The minimum atomic E-state index is -4.62. The molecule has 12 N–H and O–H groups in total. The molecule has 9 unspecified atom stereocenters. The van der Waals surface area contributed by atoms with Gasteiger partial charge in [-0.2, -0.15) is 10.1 Å². The lowest BCUT2D eigenvalue weighted by molar-refractivity contribution is -0.187. The van der Waals surface area contributed by atoms with E-state index in [1.807, 2.05) is 0 Å². The molecule has 26 heteroatoms. The zero-order valence-corrected chi connectivity index (χ0v) is 34.1. The van der Waals surface area contributed by atoms with E-state index in [1.165, 1.54) is 41.5 Å². The van der Waals surface area contributed by atoms with Gasteiger partial charge in [0.05, 0.1) is 45.5 Å². The number of carbonyl (C=O) groups is 2. The number of phosphoric acid groups is 1. The summed E-state index contributed by atoms with van der Waals surface area (Å²) in [5.74, 6) is -2.38. The van der Waals surface area contributed by atoms with Gasteiger partial charge in [0.25, 0.3) is 5.91 Å². The average molecular weight is 902 g/mol. The molecule has 1 aliphatic carbocycles. The number of imidazole rings is 1. The Bertz CT molecular complexity index is 2010. The van der Waals surface area contributed by atoms with E-state index in [1.54, 1.807) is 0 Å². The summed E-state index contributed by atoms with van der Waals surface area (Å²) in [6.07, 6.45) is -5.15. The van der Waals surface area contributed by atoms with Gasteiger partial charge >= 0.3 is 13.8 Å². The number of aliphatic hydroxyl groups is 5. The Labute approximate surface area is 353 Å². The van der Waals surface area contributed by atoms with Crippen LogP contribution in [0.15, 0.2) is 36.9 Å². The molecule has 0 bridgehead atoms. The first-order valence-electron chi connectivity index (χ1n) is 19.4. The second kappa shape index (κ2) is 22.8. The third-order valence-corrected chi connectivity index (χ3v) is 10.4. The number of amides is 1. The quantitative estimate of drug-likeness (QED) is 0.0114. The van der Waals surface area contributed by atoms with Crippen LogP contribution in [0.25, 0.3) is 17.2 Å². The predicted molar refractivity (Wildman–Crippen MR) is 210 cm³/mol. The molecule has 1 aromatic carbocycles. The average Bonchev–Trinajstić information content (AvgIpc) is 3.79. The molecule has 1 aliphatic heterocycles. The Morgan fingerprint density at radius 3 is 2.34 bits per heavy atom. The first-order valence-corrected chi connectivity index (χ1v) is 20.9. The number of phenolic OH excluding ortho intramolecular Hbond substituents is 2. The summed E-state index contributed by atoms with van der Waals surface area (Å²) in [6, 6.07) is 3.85. The SMILES string of the molecule is Nc1ncnc2c1ncn2C1OC(COP(=O)(O)ONCCCOCCOCCOCCCNC(=O)C2(O)CC(O)C(O)C(OC(=O)C=Cc3ccc(O)c(O)c3)C2)C(O)C1O. The maximum Gasteiger partial charge on any atom is 0.488 e. The maximum absolute atomic E-state index is 12.8. The number of benzene rings is 1. The number of rotatable bonds is 24. The summed E-state index contributed by atoms with van der Waals surface area (Å²) in [5, 5.41) is 74.2. The predicted octanol–water partition coefficient (Wildman–Crippen LogP) is -2.10. The normalized spacial score (nSPS) is 26.2. The molecule has 9 atom stereocenters. The van der Waals surface area contributed by atoms with Crippen LogP contribution in [-0.2, 0) is 47.0 Å². The molecule has 2 aliphatic rings. The lowest BCUT2D eigenvalue weighted by atomic mass is 9.79. The van der Waals surface area contributed by atoms with E-state index in [0.29, 0.717) is 18.4 Å². The monoisotopic (exact) mass is 901 g/mol. The first kappa shape index (κ1) is 48.6. The number of hydroxylamine groups is 1. The molecule has 1 amide bonds. The Hall–Kier alpha value is -4.44. The fourth-order valence-electron chi connectivity index (χ4n) is 6.35. The summed E-state index contributed by atoms with van der Waals surface area (Å²) in [5.41, 5.74) is 6.87. The Morgan fingerprint density at radius 2 is 1.63 bits per heavy atom. The number of carbonyl (C=O) groups excluding carboxylic acids is 2. The van der Waals surface area contributed by atoms with Crippen molar-refractivity contribution in [1.29, 1.82) is 0 Å². The van der Waals surface area contributed by atoms with Crippen LogP contribution >= 0.6 is 7.82 Å². The summed E-state index contributed by atoms with van der Waals surface area (Å²) in [7, 11) is -4.62. The highest BCUT2D eigenvalue weighted by atomic mass is 31.2. The van der Waals surface area contributed by atoms with Crippen LogP contribution in [0.3, 0.4) is 0 Å². The van der Waals surface area contributed by atoms with Gasteiger partial charge in [-0.15, -0.1) is 0 Å². The standard InChI is InChI=1S/C36H52N7O18P/c37-32-28-33(40-19-39-32)43(20-41-28)34-31(50)30(49)26(60-34)18-58-62(53,54)61-42-8-2-10-56-12-14-57-13-11-55-9-1-7-38-35(51)36(52)16-24(46)29(48)25(17-36)59-27(47)6-4-21-3-5-22(44)23(45)15-21/h3-6,15,19-20,24-26,29-31,34,42,44-46,48-50,52H,1-2,7-14,16-18H2,(H,38,51)(H,53,54)(H2,37,39,40). The van der Waals surface area contributed by atoms with Gasteiger partial charge in [-0.25, -0.2) is 24.3 Å². The second-order valence-electron chi connectivity index (χ2n) is 14.2. The van der Waals surface area contributed by atoms with Crippen molar-refractivity contribution in [3.63, 3.8) is 0 Å². The Balaban J connectivity index is 0.845. The van der Waals surface area contributed by atoms with E-state index < -0.39 is 93.3 Å². The number of nitrogen functional groups attached to an aromatic ring is 1. The maximum atomic E-state index is 12.8. The zero-order valence-electron chi connectivity index (χ0n) is 33.2. The smallest absolute Gasteiger partial charge is 0.488 e. The number of aliphatic hydroxyl groups excluding tert-OH is 4. The third kappa shape index (κ3) is 13.5. The van der Waals surface area contributed by atoms with Crippen molar-refractivity contribution in [2.75, 3.05) is 65.1 Å². The van der Waals surface area contributed by atoms with Crippen molar-refractivity contribution in [3.8, 4) is 11.5 Å². The number of nitrogens with zero attached hydrogens (tertiary/aromatic N) is 4. The molecular formula is C36H52N7O18P. The number of hydrogen-bond acceptors (Lipinski definition) is 22. The molecule has 0 radical (unpaired) electrons. The molecule has 25 nitrogen and oxygen atoms in total. The van der Waals surface area contributed by atoms with Crippen molar-refractivity contribution in [2.45, 2.75) is 74.1 Å². The highest BCUT2D eigenvalue weighted by Gasteiger charge is 2.50. The van der Waals surface area contributed by atoms with E-state index in [9.17, 15) is 54.8 Å². The van der Waals surface area contributed by atoms with E-state index in [0.717, 1.165) is 6.08 Å². The van der Waals surface area contributed by atoms with Crippen LogP contribution in [0.5, 0.6) is 11.5 Å². The van der Waals surface area contributed by atoms with Crippen LogP contribution in [0.4, 0.5) is 5.82 Å². The van der Waals surface area contributed by atoms with Crippen LogP contribution in [0.2, 0.25) is 0 Å². The van der Waals surface area contributed by atoms with Crippen molar-refractivity contribution in [2.24, 2.45) is 0 Å². The summed E-state index contributed by atoms with van der Waals surface area (Å²) in [6.45, 7) is 1.22. The lowest BCUT2D eigenvalue weighted by Gasteiger charge is -2.40. The molecule has 3 aromatic rings. The topological polar surface area (TPSA) is 371 Å². The van der Waals surface area contributed by atoms with E-state index in [2.05, 4.69) is 25.7 Å². The highest BCUT2D eigenvalue weighted by Crippen LogP contribution is 2.43. The van der Waals surface area contributed by atoms with Gasteiger partial charge in [-0.05, 0) is 36.6 Å². The molecule has 3 heterocycles. The largest absolute Gasteiger partial charge is 0.504 e. The van der Waals surface area contributed by atoms with Crippen LogP contribution < -0.4 is 16.5 Å². The summed E-state index contributed by atoms with van der Waals surface area (Å²) in [4.78, 5) is 47.2. The third-order valence-electron chi connectivity index (χ3n) is 9.61. The van der Waals surface area contributed by atoms with E-state index >= 15 is 0 Å². The van der Waals surface area contributed by atoms with Gasteiger partial charge in [0.1, 0.15) is 48.0 Å². The van der Waals surface area contributed by atoms with Crippen LogP contribution in [0.1, 0.15) is 37.5 Å². The van der Waals surface area contributed by atoms with E-state index in [4.69, 9.17) is 38.6 Å². The second-order valence-corrected chi connectivity index (χ2v) is 15.6. The molecule has 62 heavy (non-hydrogen) atoms. The number of phenols is 2. The molecule has 1 saturated carbocycles. The lowest BCUT2D eigenvalue weighted by Crippen LogP contribution is -2.59. The number of phosphoric ester groups is 1. The van der Waals surface area contributed by atoms with Crippen LogP contribution in [-0.4, -0.2) is 174 Å². The van der Waals surface area contributed by atoms with Crippen molar-refractivity contribution < 1.29 is 87.6 Å². The number of nitrogens with two attached hydrogens (primary N) is 1. The van der Waals surface area contributed by atoms with Crippen molar-refractivity contribution >= 4 is 42.8 Å². The number of aromatic nitrogens is 4. The molecule has 344 valence electrons. The first-order chi connectivity index (χ1) is 29.6. The highest BCUT2D eigenvalue weighted by molar-refractivity contribution is 7.47. The minimum Gasteiger partial charge on any atom is -0.504 e.